The van der Waals surface area contributed by atoms with Gasteiger partial charge >= 0.3 is 0 Å². The van der Waals surface area contributed by atoms with Crippen LogP contribution >= 0.6 is 0 Å². The van der Waals surface area contributed by atoms with Gasteiger partial charge in [-0.2, -0.15) is 0 Å². The van der Waals surface area contributed by atoms with Crippen molar-refractivity contribution >= 4 is 5.82 Å². The Kier molecular flexibility index (Phi) is 5.31. The van der Waals surface area contributed by atoms with E-state index in [9.17, 15) is 0 Å². The quantitative estimate of drug-likeness (QED) is 0.884. The van der Waals surface area contributed by atoms with Crippen molar-refractivity contribution in [2.45, 2.75) is 45.3 Å². The topological polar surface area (TPSA) is 44.3 Å². The maximum atomic E-state index is 4.58. The summed E-state index contributed by atoms with van der Waals surface area (Å²) in [6.45, 7) is 7.19. The maximum Gasteiger partial charge on any atom is 0.147 e. The van der Waals surface area contributed by atoms with Gasteiger partial charge in [0.05, 0.1) is 18.1 Å². The standard InChI is InChI=1S/C15H27N5/c1-12(2)16-8-13-9-18-15(10-17-13)20-7-5-6-14(11-20)19(3)4/h9-10,12,14,16H,5-8,11H2,1-4H3. The molecule has 1 atom stereocenters. The Labute approximate surface area is 122 Å². The Balaban J connectivity index is 1.95. The highest BCUT2D eigenvalue weighted by Gasteiger charge is 2.22. The van der Waals surface area contributed by atoms with Crippen molar-refractivity contribution in [1.29, 1.82) is 0 Å². The first kappa shape index (κ1) is 15.2. The average molecular weight is 277 g/mol. The molecule has 1 aliphatic rings. The Hall–Kier alpha value is -1.20. The molecule has 1 N–H and O–H groups in total. The molecule has 2 rings (SSSR count). The van der Waals surface area contributed by atoms with Crippen LogP contribution in [-0.2, 0) is 6.54 Å². The summed E-state index contributed by atoms with van der Waals surface area (Å²) < 4.78 is 0. The predicted molar refractivity (Wildman–Crippen MR) is 82.9 cm³/mol. The SMILES string of the molecule is CC(C)NCc1cnc(N2CCCC(N(C)C)C2)cn1. The molecule has 1 saturated heterocycles. The van der Waals surface area contributed by atoms with Gasteiger partial charge in [0.2, 0.25) is 0 Å². The molecule has 1 fully saturated rings. The average Bonchev–Trinajstić information content (AvgIpc) is 2.46. The fraction of sp³-hybridized carbons (Fsp3) is 0.733. The van der Waals surface area contributed by atoms with Crippen molar-refractivity contribution in [3.05, 3.63) is 18.1 Å². The third kappa shape index (κ3) is 4.15. The van der Waals surface area contributed by atoms with Crippen molar-refractivity contribution in [3.8, 4) is 0 Å². The first-order chi connectivity index (χ1) is 9.56. The second-order valence-electron chi connectivity index (χ2n) is 6.11. The number of anilines is 1. The highest BCUT2D eigenvalue weighted by atomic mass is 15.2. The fourth-order valence-corrected chi connectivity index (χ4v) is 2.50. The third-order valence-electron chi connectivity index (χ3n) is 3.83. The molecule has 5 heteroatoms. The van der Waals surface area contributed by atoms with Crippen LogP contribution in [0, 0.1) is 0 Å². The Bertz CT molecular complexity index is 401. The van der Waals surface area contributed by atoms with Gasteiger partial charge in [0.1, 0.15) is 5.82 Å². The number of hydrogen-bond donors (Lipinski definition) is 1. The molecule has 1 aliphatic heterocycles. The lowest BCUT2D eigenvalue weighted by Crippen LogP contribution is -2.45. The molecule has 0 aliphatic carbocycles. The van der Waals surface area contributed by atoms with Gasteiger partial charge in [-0.1, -0.05) is 13.8 Å². The van der Waals surface area contributed by atoms with Crippen LogP contribution in [0.25, 0.3) is 0 Å². The summed E-state index contributed by atoms with van der Waals surface area (Å²) in [5.74, 6) is 1.00. The van der Waals surface area contributed by atoms with E-state index in [0.29, 0.717) is 12.1 Å². The smallest absolute Gasteiger partial charge is 0.147 e. The number of hydrogen-bond acceptors (Lipinski definition) is 5. The minimum Gasteiger partial charge on any atom is -0.354 e. The van der Waals surface area contributed by atoms with Gasteiger partial charge in [-0.3, -0.25) is 4.98 Å². The molecule has 0 radical (unpaired) electrons. The first-order valence-corrected chi connectivity index (χ1v) is 7.52. The number of likely N-dealkylation sites (N-methyl/N-ethyl adjacent to an activating group) is 1. The van der Waals surface area contributed by atoms with Gasteiger partial charge in [0.25, 0.3) is 0 Å². The van der Waals surface area contributed by atoms with Crippen LogP contribution in [0.15, 0.2) is 12.4 Å². The van der Waals surface area contributed by atoms with E-state index in [2.05, 4.69) is 53.0 Å². The molecule has 112 valence electrons. The summed E-state index contributed by atoms with van der Waals surface area (Å²) in [5, 5.41) is 3.36. The van der Waals surface area contributed by atoms with Crippen LogP contribution in [0.2, 0.25) is 0 Å². The van der Waals surface area contributed by atoms with E-state index < -0.39 is 0 Å². The summed E-state index contributed by atoms with van der Waals surface area (Å²) in [7, 11) is 4.31. The van der Waals surface area contributed by atoms with Crippen LogP contribution in [-0.4, -0.2) is 54.1 Å². The lowest BCUT2D eigenvalue weighted by atomic mass is 10.1. The molecule has 0 saturated carbocycles. The second-order valence-corrected chi connectivity index (χ2v) is 6.11. The van der Waals surface area contributed by atoms with Gasteiger partial charge in [0.15, 0.2) is 0 Å². The monoisotopic (exact) mass is 277 g/mol. The summed E-state index contributed by atoms with van der Waals surface area (Å²) in [6.07, 6.45) is 6.30. The summed E-state index contributed by atoms with van der Waals surface area (Å²) in [4.78, 5) is 13.7. The number of piperidine rings is 1. The van der Waals surface area contributed by atoms with E-state index in [-0.39, 0.29) is 0 Å². The fourth-order valence-electron chi connectivity index (χ4n) is 2.50. The number of nitrogens with one attached hydrogen (secondary N) is 1. The van der Waals surface area contributed by atoms with Crippen molar-refractivity contribution in [3.63, 3.8) is 0 Å². The van der Waals surface area contributed by atoms with Crippen LogP contribution in [0.3, 0.4) is 0 Å². The Morgan fingerprint density at radius 3 is 2.75 bits per heavy atom. The minimum atomic E-state index is 0.472. The van der Waals surface area contributed by atoms with Gasteiger partial charge in [0, 0.05) is 31.7 Å². The van der Waals surface area contributed by atoms with Gasteiger partial charge < -0.3 is 15.1 Å². The Morgan fingerprint density at radius 1 is 1.35 bits per heavy atom. The van der Waals surface area contributed by atoms with Crippen LogP contribution in [0.4, 0.5) is 5.82 Å². The molecule has 1 unspecified atom stereocenters. The van der Waals surface area contributed by atoms with Gasteiger partial charge in [-0.15, -0.1) is 0 Å². The lowest BCUT2D eigenvalue weighted by molar-refractivity contribution is 0.257. The van der Waals surface area contributed by atoms with E-state index in [4.69, 9.17) is 0 Å². The van der Waals surface area contributed by atoms with Crippen molar-refractivity contribution < 1.29 is 0 Å². The zero-order valence-electron chi connectivity index (χ0n) is 13.1. The van der Waals surface area contributed by atoms with Crippen molar-refractivity contribution in [2.24, 2.45) is 0 Å². The largest absolute Gasteiger partial charge is 0.354 e. The van der Waals surface area contributed by atoms with Crippen molar-refractivity contribution in [2.75, 3.05) is 32.1 Å². The van der Waals surface area contributed by atoms with Gasteiger partial charge in [-0.25, -0.2) is 4.98 Å². The molecule has 2 heterocycles. The lowest BCUT2D eigenvalue weighted by Gasteiger charge is -2.36. The van der Waals surface area contributed by atoms with E-state index >= 15 is 0 Å². The molecular weight excluding hydrogens is 250 g/mol. The first-order valence-electron chi connectivity index (χ1n) is 7.52. The summed E-state index contributed by atoms with van der Waals surface area (Å²) >= 11 is 0. The van der Waals surface area contributed by atoms with E-state index in [0.717, 1.165) is 31.1 Å². The summed E-state index contributed by atoms with van der Waals surface area (Å²) in [5.41, 5.74) is 1.00. The van der Waals surface area contributed by atoms with Gasteiger partial charge in [-0.05, 0) is 26.9 Å². The molecule has 0 bridgehead atoms. The number of nitrogens with zero attached hydrogens (tertiary/aromatic N) is 4. The normalized spacial score (nSPS) is 19.9. The molecule has 20 heavy (non-hydrogen) atoms. The van der Waals surface area contributed by atoms with E-state index in [1.54, 1.807) is 0 Å². The predicted octanol–water partition coefficient (Wildman–Crippen LogP) is 1.50. The van der Waals surface area contributed by atoms with Crippen LogP contribution in [0.1, 0.15) is 32.4 Å². The maximum absolute atomic E-state index is 4.58. The molecule has 0 spiro atoms. The molecule has 5 nitrogen and oxygen atoms in total. The third-order valence-corrected chi connectivity index (χ3v) is 3.83. The Morgan fingerprint density at radius 2 is 2.15 bits per heavy atom. The van der Waals surface area contributed by atoms with Crippen LogP contribution in [0.5, 0.6) is 0 Å². The molecular formula is C15H27N5. The summed E-state index contributed by atoms with van der Waals surface area (Å²) in [6, 6.07) is 1.09. The zero-order chi connectivity index (χ0) is 14.5. The minimum absolute atomic E-state index is 0.472. The second kappa shape index (κ2) is 6.99. The molecule has 0 amide bonds. The number of rotatable bonds is 5. The highest BCUT2D eigenvalue weighted by Crippen LogP contribution is 2.19. The number of aromatic nitrogens is 2. The van der Waals surface area contributed by atoms with Crippen molar-refractivity contribution in [1.82, 2.24) is 20.2 Å². The van der Waals surface area contributed by atoms with E-state index in [1.807, 2.05) is 12.4 Å². The molecule has 0 aromatic carbocycles. The zero-order valence-corrected chi connectivity index (χ0v) is 13.1. The molecule has 1 aromatic heterocycles. The molecule has 1 aromatic rings. The van der Waals surface area contributed by atoms with Crippen LogP contribution < -0.4 is 10.2 Å². The highest BCUT2D eigenvalue weighted by molar-refractivity contribution is 5.36. The van der Waals surface area contributed by atoms with E-state index in [1.165, 1.54) is 12.8 Å².